The molecule has 0 amide bonds. The molecular weight excluding hydrogens is 367 g/mol. The van der Waals surface area contributed by atoms with Gasteiger partial charge in [-0.15, -0.1) is 0 Å². The van der Waals surface area contributed by atoms with Crippen LogP contribution in [0.5, 0.6) is 0 Å². The normalized spacial score (nSPS) is 17.2. The summed E-state index contributed by atoms with van der Waals surface area (Å²) in [5, 5.41) is 1.13. The first kappa shape index (κ1) is 19.4. The predicted octanol–water partition coefficient (Wildman–Crippen LogP) is 4.46. The molecule has 5 heteroatoms. The summed E-state index contributed by atoms with van der Waals surface area (Å²) in [6.07, 6.45) is 2.56. The van der Waals surface area contributed by atoms with Crippen molar-refractivity contribution in [3.8, 4) is 0 Å². The van der Waals surface area contributed by atoms with Crippen molar-refractivity contribution in [1.82, 2.24) is 4.90 Å². The van der Waals surface area contributed by atoms with Crippen molar-refractivity contribution in [2.24, 2.45) is 11.7 Å². The number of carbonyl (C=O) groups excluding carboxylic acids is 1. The van der Waals surface area contributed by atoms with E-state index in [9.17, 15) is 4.79 Å². The molecule has 0 aromatic heterocycles. The van der Waals surface area contributed by atoms with Gasteiger partial charge in [-0.25, -0.2) is 0 Å². The largest absolute Gasteiger partial charge is 0.326 e. The van der Waals surface area contributed by atoms with Crippen LogP contribution in [0.25, 0.3) is 0 Å². The zero-order chi connectivity index (χ0) is 18.5. The van der Waals surface area contributed by atoms with Crippen molar-refractivity contribution in [3.05, 3.63) is 69.7 Å². The molecule has 0 aliphatic carbocycles. The van der Waals surface area contributed by atoms with Crippen LogP contribution in [-0.4, -0.2) is 36.4 Å². The van der Waals surface area contributed by atoms with Crippen LogP contribution < -0.4 is 5.73 Å². The van der Waals surface area contributed by atoms with Crippen LogP contribution in [0.1, 0.15) is 28.8 Å². The molecule has 1 unspecified atom stereocenters. The Morgan fingerprint density at radius 3 is 2.42 bits per heavy atom. The topological polar surface area (TPSA) is 46.3 Å². The summed E-state index contributed by atoms with van der Waals surface area (Å²) < 4.78 is 0. The highest BCUT2D eigenvalue weighted by molar-refractivity contribution is 6.42. The molecule has 1 atom stereocenters. The van der Waals surface area contributed by atoms with E-state index in [0.29, 0.717) is 10.0 Å². The monoisotopic (exact) mass is 390 g/mol. The number of carbonyl (C=O) groups is 1. The highest BCUT2D eigenvalue weighted by Gasteiger charge is 2.26. The second-order valence-corrected chi connectivity index (χ2v) is 7.83. The summed E-state index contributed by atoms with van der Waals surface area (Å²) in [7, 11) is 0. The first-order valence-corrected chi connectivity index (χ1v) is 9.79. The van der Waals surface area contributed by atoms with E-state index in [1.165, 1.54) is 0 Å². The Kier molecular flexibility index (Phi) is 6.71. The first-order chi connectivity index (χ1) is 12.5. The quantitative estimate of drug-likeness (QED) is 0.740. The van der Waals surface area contributed by atoms with Gasteiger partial charge in [0.15, 0.2) is 5.78 Å². The van der Waals surface area contributed by atoms with Gasteiger partial charge in [-0.1, -0.05) is 59.6 Å². The number of rotatable bonds is 6. The van der Waals surface area contributed by atoms with E-state index in [1.54, 1.807) is 0 Å². The first-order valence-electron chi connectivity index (χ1n) is 9.04. The maximum Gasteiger partial charge on any atom is 0.166 e. The van der Waals surface area contributed by atoms with Crippen LogP contribution in [0, 0.1) is 5.92 Å². The van der Waals surface area contributed by atoms with E-state index >= 15 is 0 Å². The lowest BCUT2D eigenvalue weighted by molar-refractivity contribution is 0.0836. The van der Waals surface area contributed by atoms with Crippen LogP contribution in [0.15, 0.2) is 48.5 Å². The van der Waals surface area contributed by atoms with E-state index in [-0.39, 0.29) is 17.7 Å². The summed E-state index contributed by atoms with van der Waals surface area (Å²) >= 11 is 12.0. The number of ketones is 1. The fourth-order valence-electron chi connectivity index (χ4n) is 3.58. The maximum atomic E-state index is 12.6. The molecular formula is C21H24Cl2N2O. The zero-order valence-electron chi connectivity index (χ0n) is 14.7. The minimum Gasteiger partial charge on any atom is -0.326 e. The fraction of sp³-hybridized carbons (Fsp3) is 0.381. The molecule has 0 radical (unpaired) electrons. The molecule has 2 aromatic carbocycles. The number of halogens is 2. The summed E-state index contributed by atoms with van der Waals surface area (Å²) in [5.74, 6) is 0.394. The summed E-state index contributed by atoms with van der Waals surface area (Å²) in [6.45, 7) is 2.66. The third-order valence-corrected chi connectivity index (χ3v) is 5.73. The minimum absolute atomic E-state index is 0.0358. The molecule has 1 aliphatic rings. The van der Waals surface area contributed by atoms with Gasteiger partial charge in [0, 0.05) is 24.1 Å². The number of likely N-dealkylation sites (tertiary alicyclic amines) is 1. The van der Waals surface area contributed by atoms with Crippen molar-refractivity contribution < 1.29 is 4.79 Å². The van der Waals surface area contributed by atoms with Gasteiger partial charge >= 0.3 is 0 Å². The Labute approximate surface area is 165 Å². The Hall–Kier alpha value is -1.39. The summed E-state index contributed by atoms with van der Waals surface area (Å²) in [5.41, 5.74) is 8.25. The molecule has 1 saturated heterocycles. The van der Waals surface area contributed by atoms with Gasteiger partial charge in [0.05, 0.1) is 10.0 Å². The van der Waals surface area contributed by atoms with Gasteiger partial charge < -0.3 is 10.6 Å². The Morgan fingerprint density at radius 2 is 1.77 bits per heavy atom. The lowest BCUT2D eigenvalue weighted by atomic mass is 9.88. The molecule has 3 nitrogen and oxygen atoms in total. The highest BCUT2D eigenvalue weighted by atomic mass is 35.5. The number of benzene rings is 2. The molecule has 1 fully saturated rings. The molecule has 26 heavy (non-hydrogen) atoms. The van der Waals surface area contributed by atoms with Crippen molar-refractivity contribution >= 4 is 29.0 Å². The van der Waals surface area contributed by atoms with Crippen LogP contribution in [-0.2, 0) is 6.42 Å². The van der Waals surface area contributed by atoms with Crippen molar-refractivity contribution in [2.45, 2.75) is 25.3 Å². The SMILES string of the molecule is NC(Cc1ccc(Cl)c(Cl)c1)CN1CCC(C(=O)c2ccccc2)CC1. The third kappa shape index (κ3) is 5.08. The smallest absolute Gasteiger partial charge is 0.166 e. The highest BCUT2D eigenvalue weighted by Crippen LogP contribution is 2.24. The van der Waals surface area contributed by atoms with E-state index < -0.39 is 0 Å². The second-order valence-electron chi connectivity index (χ2n) is 7.02. The lowest BCUT2D eigenvalue weighted by Crippen LogP contribution is -2.43. The van der Waals surface area contributed by atoms with E-state index in [1.807, 2.05) is 48.5 Å². The number of hydrogen-bond acceptors (Lipinski definition) is 3. The van der Waals surface area contributed by atoms with Gasteiger partial charge in [-0.2, -0.15) is 0 Å². The van der Waals surface area contributed by atoms with E-state index in [4.69, 9.17) is 28.9 Å². The van der Waals surface area contributed by atoms with Crippen LogP contribution in [0.2, 0.25) is 10.0 Å². The van der Waals surface area contributed by atoms with Crippen molar-refractivity contribution in [2.75, 3.05) is 19.6 Å². The molecule has 0 saturated carbocycles. The van der Waals surface area contributed by atoms with E-state index in [2.05, 4.69) is 4.90 Å². The molecule has 3 rings (SSSR count). The number of piperidine rings is 1. The molecule has 0 bridgehead atoms. The summed E-state index contributed by atoms with van der Waals surface area (Å²) in [4.78, 5) is 14.9. The van der Waals surface area contributed by atoms with Gasteiger partial charge in [0.25, 0.3) is 0 Å². The summed E-state index contributed by atoms with van der Waals surface area (Å²) in [6, 6.07) is 15.3. The minimum atomic E-state index is 0.0358. The third-order valence-electron chi connectivity index (χ3n) is 4.99. The van der Waals surface area contributed by atoms with Gasteiger partial charge in [-0.05, 0) is 50.0 Å². The fourth-order valence-corrected chi connectivity index (χ4v) is 3.90. The molecule has 1 aliphatic heterocycles. The number of Topliss-reactive ketones (excluding diaryl/α,β-unsaturated/α-hetero) is 1. The predicted molar refractivity (Wildman–Crippen MR) is 108 cm³/mol. The Bertz CT molecular complexity index is 743. The molecule has 1 heterocycles. The van der Waals surface area contributed by atoms with Gasteiger partial charge in [0.2, 0.25) is 0 Å². The van der Waals surface area contributed by atoms with Crippen LogP contribution >= 0.6 is 23.2 Å². The standard InChI is InChI=1S/C21H24Cl2N2O/c22-19-7-6-15(13-20(19)23)12-18(24)14-25-10-8-17(9-11-25)21(26)16-4-2-1-3-5-16/h1-7,13,17-18H,8-12,14,24H2. The molecule has 138 valence electrons. The Morgan fingerprint density at radius 1 is 1.08 bits per heavy atom. The average Bonchev–Trinajstić information content (AvgIpc) is 2.65. The molecule has 2 N–H and O–H groups in total. The number of hydrogen-bond donors (Lipinski definition) is 1. The van der Waals surface area contributed by atoms with E-state index in [0.717, 1.165) is 50.0 Å². The Balaban J connectivity index is 1.47. The van der Waals surface area contributed by atoms with Crippen LogP contribution in [0.4, 0.5) is 0 Å². The van der Waals surface area contributed by atoms with Gasteiger partial charge in [0.1, 0.15) is 0 Å². The zero-order valence-corrected chi connectivity index (χ0v) is 16.2. The maximum absolute atomic E-state index is 12.6. The number of nitrogens with zero attached hydrogens (tertiary/aromatic N) is 1. The van der Waals surface area contributed by atoms with Crippen LogP contribution in [0.3, 0.4) is 0 Å². The van der Waals surface area contributed by atoms with Crippen molar-refractivity contribution in [1.29, 1.82) is 0 Å². The average molecular weight is 391 g/mol. The lowest BCUT2D eigenvalue weighted by Gasteiger charge is -2.33. The molecule has 2 aromatic rings. The number of nitrogens with two attached hydrogens (primary N) is 1. The van der Waals surface area contributed by atoms with Gasteiger partial charge in [-0.3, -0.25) is 4.79 Å². The van der Waals surface area contributed by atoms with Crippen molar-refractivity contribution in [3.63, 3.8) is 0 Å². The molecule has 0 spiro atoms. The second kappa shape index (κ2) is 9.01.